The molecule has 2 nitrogen and oxygen atoms in total. The van der Waals surface area contributed by atoms with Gasteiger partial charge in [0.25, 0.3) is 0 Å². The van der Waals surface area contributed by atoms with E-state index < -0.39 is 0 Å². The van der Waals surface area contributed by atoms with Gasteiger partial charge in [0, 0.05) is 19.5 Å². The van der Waals surface area contributed by atoms with E-state index in [-0.39, 0.29) is 0 Å². The minimum absolute atomic E-state index is 0.595. The Labute approximate surface area is 68.0 Å². The summed E-state index contributed by atoms with van der Waals surface area (Å²) in [5.74, 6) is 0. The van der Waals surface area contributed by atoms with E-state index in [4.69, 9.17) is 0 Å². The molecule has 0 spiro atoms. The van der Waals surface area contributed by atoms with E-state index in [0.717, 1.165) is 19.4 Å². The fourth-order valence-corrected chi connectivity index (χ4v) is 0.604. The van der Waals surface area contributed by atoms with Crippen molar-refractivity contribution in [1.82, 2.24) is 5.32 Å². The molecule has 11 heavy (non-hydrogen) atoms. The molecule has 62 valence electrons. The third kappa shape index (κ3) is 9.11. The van der Waals surface area contributed by atoms with Crippen LogP contribution in [-0.4, -0.2) is 19.4 Å². The molecule has 0 rings (SSSR count). The van der Waals surface area contributed by atoms with Gasteiger partial charge in [0.15, 0.2) is 0 Å². The Bertz CT molecular complexity index is 138. The average Bonchev–Trinajstić information content (AvgIpc) is 2.03. The molecule has 0 fully saturated rings. The molecule has 0 bridgehead atoms. The largest absolute Gasteiger partial charge is 0.313 e. The first kappa shape index (κ1) is 10.1. The predicted molar refractivity (Wildman–Crippen MR) is 47.5 cm³/mol. The van der Waals surface area contributed by atoms with E-state index in [2.05, 4.69) is 5.32 Å². The minimum atomic E-state index is 0.595. The zero-order valence-corrected chi connectivity index (χ0v) is 6.92. The number of carbonyl (C=O) groups is 1. The number of nitrogens with one attached hydrogen (secondary N) is 1. The summed E-state index contributed by atoms with van der Waals surface area (Å²) in [6, 6.07) is 0. The van der Waals surface area contributed by atoms with Crippen molar-refractivity contribution in [2.75, 3.05) is 13.1 Å². The number of allylic oxidation sites excluding steroid dienone is 3. The van der Waals surface area contributed by atoms with Crippen LogP contribution in [0, 0.1) is 0 Å². The van der Waals surface area contributed by atoms with Crippen LogP contribution in [0.1, 0.15) is 13.3 Å². The molecule has 0 saturated carbocycles. The van der Waals surface area contributed by atoms with Gasteiger partial charge in [0.1, 0.15) is 6.29 Å². The quantitative estimate of drug-likeness (QED) is 0.354. The molecule has 1 N–H and O–H groups in total. The molecule has 0 saturated heterocycles. The van der Waals surface area contributed by atoms with Crippen LogP contribution in [0.15, 0.2) is 24.3 Å². The van der Waals surface area contributed by atoms with Gasteiger partial charge in [0.05, 0.1) is 0 Å². The first-order valence-corrected chi connectivity index (χ1v) is 3.84. The molecule has 0 unspecified atom stereocenters. The van der Waals surface area contributed by atoms with Gasteiger partial charge in [-0.2, -0.15) is 0 Å². The van der Waals surface area contributed by atoms with E-state index >= 15 is 0 Å². The Morgan fingerprint density at radius 1 is 1.36 bits per heavy atom. The van der Waals surface area contributed by atoms with Crippen molar-refractivity contribution in [2.24, 2.45) is 0 Å². The monoisotopic (exact) mass is 153 g/mol. The summed E-state index contributed by atoms with van der Waals surface area (Å²) in [5.41, 5.74) is 0. The van der Waals surface area contributed by atoms with Gasteiger partial charge in [-0.3, -0.25) is 0 Å². The van der Waals surface area contributed by atoms with Crippen LogP contribution >= 0.6 is 0 Å². The summed E-state index contributed by atoms with van der Waals surface area (Å²) in [5, 5.41) is 3.09. The van der Waals surface area contributed by atoms with Crippen LogP contribution in [0.25, 0.3) is 0 Å². The van der Waals surface area contributed by atoms with Crippen molar-refractivity contribution < 1.29 is 4.79 Å². The number of rotatable bonds is 6. The summed E-state index contributed by atoms with van der Waals surface area (Å²) < 4.78 is 0. The molecule has 0 aromatic carbocycles. The molecule has 0 radical (unpaired) electrons. The Balaban J connectivity index is 3.06. The lowest BCUT2D eigenvalue weighted by molar-refractivity contribution is -0.107. The first-order chi connectivity index (χ1) is 5.41. The number of carbonyl (C=O) groups excluding carboxylic acids is 1. The molecule has 0 heterocycles. The van der Waals surface area contributed by atoms with Gasteiger partial charge >= 0.3 is 0 Å². The molecule has 0 aliphatic carbocycles. The maximum absolute atomic E-state index is 9.87. The van der Waals surface area contributed by atoms with Crippen molar-refractivity contribution in [3.05, 3.63) is 24.3 Å². The fraction of sp³-hybridized carbons (Fsp3) is 0.444. The highest BCUT2D eigenvalue weighted by atomic mass is 16.1. The van der Waals surface area contributed by atoms with Gasteiger partial charge < -0.3 is 10.1 Å². The number of hydrogen-bond acceptors (Lipinski definition) is 2. The highest BCUT2D eigenvalue weighted by Crippen LogP contribution is 1.75. The van der Waals surface area contributed by atoms with Crippen LogP contribution < -0.4 is 5.32 Å². The molecule has 0 aliphatic rings. The highest BCUT2D eigenvalue weighted by Gasteiger charge is 1.79. The lowest BCUT2D eigenvalue weighted by Crippen LogP contribution is -2.14. The second kappa shape index (κ2) is 9.11. The summed E-state index contributed by atoms with van der Waals surface area (Å²) in [7, 11) is 0. The molecular weight excluding hydrogens is 138 g/mol. The predicted octanol–water partition coefficient (Wildman–Crippen LogP) is 1.30. The van der Waals surface area contributed by atoms with E-state index in [0.29, 0.717) is 6.42 Å². The van der Waals surface area contributed by atoms with E-state index in [1.807, 2.05) is 31.2 Å². The van der Waals surface area contributed by atoms with Crippen LogP contribution in [-0.2, 0) is 4.79 Å². The first-order valence-electron chi connectivity index (χ1n) is 3.84. The number of aldehydes is 1. The topological polar surface area (TPSA) is 29.1 Å². The summed E-state index contributed by atoms with van der Waals surface area (Å²) in [4.78, 5) is 9.87. The van der Waals surface area contributed by atoms with Crippen LogP contribution in [0.2, 0.25) is 0 Å². The Morgan fingerprint density at radius 3 is 2.82 bits per heavy atom. The second-order valence-electron chi connectivity index (χ2n) is 2.11. The maximum atomic E-state index is 9.87. The Morgan fingerprint density at radius 2 is 2.18 bits per heavy atom. The molecule has 0 amide bonds. The normalized spacial score (nSPS) is 11.4. The Kier molecular flexibility index (Phi) is 8.37. The highest BCUT2D eigenvalue weighted by molar-refractivity contribution is 5.49. The molecule has 0 aliphatic heterocycles. The average molecular weight is 153 g/mol. The van der Waals surface area contributed by atoms with Crippen molar-refractivity contribution in [3.8, 4) is 0 Å². The van der Waals surface area contributed by atoms with Crippen LogP contribution in [0.3, 0.4) is 0 Å². The van der Waals surface area contributed by atoms with Gasteiger partial charge in [-0.05, 0) is 6.92 Å². The molecular formula is C9H15NO. The van der Waals surface area contributed by atoms with Crippen molar-refractivity contribution in [2.45, 2.75) is 13.3 Å². The zero-order valence-electron chi connectivity index (χ0n) is 6.92. The van der Waals surface area contributed by atoms with Crippen molar-refractivity contribution in [1.29, 1.82) is 0 Å². The number of hydrogen-bond donors (Lipinski definition) is 1. The fourth-order valence-electron chi connectivity index (χ4n) is 0.604. The second-order valence-corrected chi connectivity index (χ2v) is 2.11. The molecule has 0 aromatic heterocycles. The summed E-state index contributed by atoms with van der Waals surface area (Å²) >= 11 is 0. The Hall–Kier alpha value is -0.890. The van der Waals surface area contributed by atoms with Gasteiger partial charge in [-0.15, -0.1) is 0 Å². The molecule has 2 heteroatoms. The maximum Gasteiger partial charge on any atom is 0.121 e. The third-order valence-electron chi connectivity index (χ3n) is 1.14. The SMILES string of the molecule is CC=CC=CCNCCC=O. The minimum Gasteiger partial charge on any atom is -0.313 e. The lowest BCUT2D eigenvalue weighted by Gasteiger charge is -1.93. The van der Waals surface area contributed by atoms with Crippen molar-refractivity contribution >= 4 is 6.29 Å². The smallest absolute Gasteiger partial charge is 0.121 e. The van der Waals surface area contributed by atoms with E-state index in [9.17, 15) is 4.79 Å². The van der Waals surface area contributed by atoms with Crippen molar-refractivity contribution in [3.63, 3.8) is 0 Å². The van der Waals surface area contributed by atoms with E-state index in [1.165, 1.54) is 0 Å². The van der Waals surface area contributed by atoms with Crippen LogP contribution in [0.5, 0.6) is 0 Å². The van der Waals surface area contributed by atoms with Crippen LogP contribution in [0.4, 0.5) is 0 Å². The van der Waals surface area contributed by atoms with Gasteiger partial charge in [-0.25, -0.2) is 0 Å². The molecule has 0 aromatic rings. The third-order valence-corrected chi connectivity index (χ3v) is 1.14. The van der Waals surface area contributed by atoms with Gasteiger partial charge in [-0.1, -0.05) is 24.3 Å². The van der Waals surface area contributed by atoms with E-state index in [1.54, 1.807) is 0 Å². The molecule has 0 atom stereocenters. The summed E-state index contributed by atoms with van der Waals surface area (Å²) in [6.07, 6.45) is 9.46. The van der Waals surface area contributed by atoms with Gasteiger partial charge in [0.2, 0.25) is 0 Å². The lowest BCUT2D eigenvalue weighted by atomic mass is 10.4. The summed E-state index contributed by atoms with van der Waals surface area (Å²) in [6.45, 7) is 3.58. The standard InChI is InChI=1S/C9H15NO/c1-2-3-4-5-7-10-8-6-9-11/h2-5,9-10H,6-8H2,1H3. The zero-order chi connectivity index (χ0) is 8.36.